The molecule has 3 saturated heterocycles. The number of rotatable bonds is 19. The molecule has 19 nitrogen and oxygen atoms in total. The lowest BCUT2D eigenvalue weighted by atomic mass is 9.82. The van der Waals surface area contributed by atoms with Gasteiger partial charge in [0.2, 0.25) is 35.4 Å². The van der Waals surface area contributed by atoms with Crippen LogP contribution in [0.25, 0.3) is 0 Å². The van der Waals surface area contributed by atoms with Crippen LogP contribution in [0.4, 0.5) is 16.2 Å². The van der Waals surface area contributed by atoms with E-state index in [0.717, 1.165) is 27.2 Å². The third-order valence-electron chi connectivity index (χ3n) is 15.8. The standard InChI is InChI=1S/C59H79ClN6O13/c1-33(2)44-30-50(70)66(56(44)74)25-23-48(68)61-24-12-11-16-42(28-37(6)67)55(73)62-39(8)54(72)63-43-20-17-40(18-21-43)19-22-51(71)78-47-31-49(69)65(10)45-29-41(27-35(4)52(45)60)26-34(3)14-13-15-36(5)59(76)32-46(77-57(75)64-59)38(7)53-58(47,9)79-53/h13-15,17-18,20-21,27,29,33,36,38-39,42,44,46-47,53,76H,11-12,16,19,22-26,28,30-32H2,1-10H3,(H,61,68)(H,62,73)(H,63,72)(H,64,75)/b15-13+,34-14+/t36-,38-,39?,42?,44?,46+,47+,53+,58+,59+/m1/s1. The summed E-state index contributed by atoms with van der Waals surface area (Å²) in [5, 5.41) is 23.1. The Morgan fingerprint density at radius 2 is 1.67 bits per heavy atom. The first kappa shape index (κ1) is 61.8. The van der Waals surface area contributed by atoms with Crippen LogP contribution in [-0.2, 0) is 65.4 Å². The maximum atomic E-state index is 14.3. The number of carbonyl (C=O) groups is 9. The second-order valence-electron chi connectivity index (χ2n) is 22.6. The highest BCUT2D eigenvalue weighted by atomic mass is 35.5. The van der Waals surface area contributed by atoms with E-state index >= 15 is 0 Å². The van der Waals surface area contributed by atoms with Crippen LogP contribution in [0.5, 0.6) is 0 Å². The van der Waals surface area contributed by atoms with Gasteiger partial charge in [-0.3, -0.25) is 43.8 Å². The van der Waals surface area contributed by atoms with E-state index in [2.05, 4.69) is 21.3 Å². The molecule has 6 rings (SSSR count). The number of imide groups is 1. The van der Waals surface area contributed by atoms with Crippen molar-refractivity contribution in [1.29, 1.82) is 0 Å². The number of ether oxygens (including phenoxy) is 3. The molecule has 2 aromatic rings. The van der Waals surface area contributed by atoms with Gasteiger partial charge in [0.25, 0.3) is 0 Å². The Bertz CT molecular complexity index is 2710. The van der Waals surface area contributed by atoms with E-state index in [0.29, 0.717) is 48.6 Å². The lowest BCUT2D eigenvalue weighted by Gasteiger charge is -2.41. The number of hydrogen-bond acceptors (Lipinski definition) is 13. The molecule has 4 aliphatic rings. The molecule has 20 heteroatoms. The van der Waals surface area contributed by atoms with Crippen LogP contribution < -0.4 is 26.2 Å². The number of nitrogens with one attached hydrogen (secondary N) is 4. The number of carbonyl (C=O) groups excluding carboxylic acids is 9. The van der Waals surface area contributed by atoms with E-state index in [1.165, 1.54) is 18.7 Å². The minimum Gasteiger partial charge on any atom is -0.459 e. The highest BCUT2D eigenvalue weighted by Crippen LogP contribution is 2.49. The number of ketones is 1. The van der Waals surface area contributed by atoms with Gasteiger partial charge < -0.3 is 45.0 Å². The van der Waals surface area contributed by atoms with Gasteiger partial charge in [-0.1, -0.05) is 87.7 Å². The number of halogens is 1. The Kier molecular flexibility index (Phi) is 20.9. The molecule has 7 amide bonds. The smallest absolute Gasteiger partial charge is 0.409 e. The number of hydrogen-bond donors (Lipinski definition) is 5. The van der Waals surface area contributed by atoms with Crippen molar-refractivity contribution < 1.29 is 62.5 Å². The number of nitrogens with zero attached hydrogens (tertiary/aromatic N) is 2. The largest absolute Gasteiger partial charge is 0.459 e. The molecular weight excluding hydrogens is 1040 g/mol. The molecule has 2 aromatic carbocycles. The van der Waals surface area contributed by atoms with Gasteiger partial charge in [0.05, 0.1) is 23.2 Å². The van der Waals surface area contributed by atoms with E-state index < -0.39 is 77.3 Å². The van der Waals surface area contributed by atoms with Crippen LogP contribution in [-0.4, -0.2) is 119 Å². The molecular formula is C59H79ClN6O13. The van der Waals surface area contributed by atoms with Crippen molar-refractivity contribution in [2.45, 2.75) is 169 Å². The van der Waals surface area contributed by atoms with E-state index in [1.807, 2.05) is 71.9 Å². The van der Waals surface area contributed by atoms with Crippen molar-refractivity contribution in [3.8, 4) is 0 Å². The summed E-state index contributed by atoms with van der Waals surface area (Å²) in [6.45, 7) is 16.3. The molecule has 10 atom stereocenters. The minimum absolute atomic E-state index is 0.0126. The van der Waals surface area contributed by atoms with Gasteiger partial charge in [-0.05, 0) is 101 Å². The van der Waals surface area contributed by atoms with E-state index in [4.69, 9.17) is 25.8 Å². The fourth-order valence-corrected chi connectivity index (χ4v) is 10.8. The number of fused-ring (bicyclic) bond motifs is 5. The molecule has 0 aliphatic carbocycles. The number of aliphatic hydroxyl groups is 1. The first-order chi connectivity index (χ1) is 37.2. The molecule has 4 heterocycles. The van der Waals surface area contributed by atoms with Crippen LogP contribution in [0.3, 0.4) is 0 Å². The molecule has 0 aromatic heterocycles. The van der Waals surface area contributed by atoms with Crippen LogP contribution in [0.2, 0.25) is 5.02 Å². The Labute approximate surface area is 468 Å². The van der Waals surface area contributed by atoms with Gasteiger partial charge in [-0.15, -0.1) is 0 Å². The van der Waals surface area contributed by atoms with Crippen molar-refractivity contribution in [2.24, 2.45) is 29.6 Å². The van der Waals surface area contributed by atoms with Gasteiger partial charge in [-0.2, -0.15) is 0 Å². The van der Waals surface area contributed by atoms with Crippen LogP contribution in [0.1, 0.15) is 130 Å². The summed E-state index contributed by atoms with van der Waals surface area (Å²) in [6, 6.07) is 9.67. The SMILES string of the molecule is CC(=O)CC(CCCCNC(=O)CCN1C(=O)CC(C(C)C)C1=O)C(=O)NC(C)C(=O)Nc1ccc(CCC(=O)O[C@H]2CC(=O)N(C)c3cc(cc(C)c3Cl)C/C(C)=C/C=C/[C@@H](C)[C@@]3(O)C[C@H](OC(=O)N3)[C@@H](C)[C@@H]3O[C@@]23C)cc1. The maximum absolute atomic E-state index is 14.3. The molecule has 3 unspecified atom stereocenters. The van der Waals surface area contributed by atoms with Gasteiger partial charge in [0, 0.05) is 81.6 Å². The molecule has 0 saturated carbocycles. The monoisotopic (exact) mass is 1110 g/mol. The van der Waals surface area contributed by atoms with Gasteiger partial charge in [0.1, 0.15) is 35.4 Å². The molecule has 5 N–H and O–H groups in total. The molecule has 4 aliphatic heterocycles. The zero-order chi connectivity index (χ0) is 58.1. The summed E-state index contributed by atoms with van der Waals surface area (Å²) >= 11 is 6.83. The fourth-order valence-electron chi connectivity index (χ4n) is 10.6. The Morgan fingerprint density at radius 1 is 0.962 bits per heavy atom. The van der Waals surface area contributed by atoms with E-state index in [9.17, 15) is 48.3 Å². The van der Waals surface area contributed by atoms with Crippen molar-refractivity contribution in [2.75, 3.05) is 30.4 Å². The predicted octanol–water partition coefficient (Wildman–Crippen LogP) is 6.97. The number of anilines is 2. The van der Waals surface area contributed by atoms with Crippen molar-refractivity contribution >= 4 is 76.3 Å². The third-order valence-corrected chi connectivity index (χ3v) is 16.3. The summed E-state index contributed by atoms with van der Waals surface area (Å²) in [7, 11) is 1.62. The second kappa shape index (κ2) is 26.7. The maximum Gasteiger partial charge on any atom is 0.409 e. The van der Waals surface area contributed by atoms with E-state index in [-0.39, 0.29) is 92.7 Å². The Hall–Kier alpha value is -6.44. The predicted molar refractivity (Wildman–Crippen MR) is 296 cm³/mol. The lowest BCUT2D eigenvalue weighted by Crippen LogP contribution is -2.60. The molecule has 79 heavy (non-hydrogen) atoms. The fraction of sp³-hybridized carbons (Fsp3) is 0.576. The summed E-state index contributed by atoms with van der Waals surface area (Å²) in [5.41, 5.74) is 1.56. The highest BCUT2D eigenvalue weighted by Gasteiger charge is 2.64. The van der Waals surface area contributed by atoms with Crippen LogP contribution in [0.15, 0.2) is 60.2 Å². The lowest BCUT2D eigenvalue weighted by molar-refractivity contribution is -0.154. The summed E-state index contributed by atoms with van der Waals surface area (Å²) < 4.78 is 18.2. The first-order valence-electron chi connectivity index (χ1n) is 27.5. The zero-order valence-corrected chi connectivity index (χ0v) is 48.0. The normalized spacial score (nSPS) is 27.1. The van der Waals surface area contributed by atoms with Crippen molar-refractivity contribution in [1.82, 2.24) is 20.9 Å². The number of alkyl carbamates (subject to hydrolysis) is 1. The van der Waals surface area contributed by atoms with Gasteiger partial charge >= 0.3 is 12.1 Å². The number of amides is 7. The summed E-state index contributed by atoms with van der Waals surface area (Å²) in [6.07, 6.45) is 4.32. The Morgan fingerprint density at radius 3 is 2.34 bits per heavy atom. The average molecular weight is 1120 g/mol. The number of unbranched alkanes of at least 4 members (excludes halogenated alkanes) is 1. The second-order valence-corrected chi connectivity index (χ2v) is 23.0. The summed E-state index contributed by atoms with van der Waals surface area (Å²) in [5.74, 6) is -4.96. The molecule has 0 spiro atoms. The molecule has 3 fully saturated rings. The van der Waals surface area contributed by atoms with E-state index in [1.54, 1.807) is 38.2 Å². The van der Waals surface area contributed by atoms with Crippen LogP contribution >= 0.6 is 11.6 Å². The quantitative estimate of drug-likeness (QED) is 0.0413. The topological polar surface area (TPSA) is 259 Å². The van der Waals surface area contributed by atoms with Gasteiger partial charge in [-0.25, -0.2) is 4.79 Å². The number of benzene rings is 2. The third kappa shape index (κ3) is 16.1. The average Bonchev–Trinajstić information content (AvgIpc) is 4.00. The number of Topliss-reactive ketones (excluding diaryl/α,β-unsaturated/α-hetero) is 1. The number of allylic oxidation sites excluding steroid dienone is 3. The van der Waals surface area contributed by atoms with Crippen molar-refractivity contribution in [3.05, 3.63) is 81.9 Å². The van der Waals surface area contributed by atoms with Gasteiger partial charge in [0.15, 0.2) is 0 Å². The number of esters is 1. The molecule has 4 bridgehead atoms. The molecule has 0 radical (unpaired) electrons. The molecule has 430 valence electrons. The van der Waals surface area contributed by atoms with Crippen molar-refractivity contribution in [3.63, 3.8) is 0 Å². The minimum atomic E-state index is -1.63. The zero-order valence-electron chi connectivity index (χ0n) is 47.2. The number of epoxide rings is 1. The number of likely N-dealkylation sites (tertiary alicyclic amines) is 1. The Balaban J connectivity index is 1.02. The number of aryl methyl sites for hydroxylation is 2. The highest BCUT2D eigenvalue weighted by molar-refractivity contribution is 6.34. The first-order valence-corrected chi connectivity index (χ1v) is 27.9. The summed E-state index contributed by atoms with van der Waals surface area (Å²) in [4.78, 5) is 120. The van der Waals surface area contributed by atoms with Crippen LogP contribution in [0, 0.1) is 36.5 Å².